The number of hydrogen-bond acceptors (Lipinski definition) is 4. The Morgan fingerprint density at radius 2 is 2.00 bits per heavy atom. The summed E-state index contributed by atoms with van der Waals surface area (Å²) in [5, 5.41) is 4.14. The minimum absolute atomic E-state index is 0.126. The van der Waals surface area contributed by atoms with Gasteiger partial charge in [0.15, 0.2) is 0 Å². The van der Waals surface area contributed by atoms with Crippen molar-refractivity contribution in [1.82, 2.24) is 14.9 Å². The largest absolute Gasteiger partial charge is 0.471 e. The topological polar surface area (TPSA) is 58.1 Å². The second-order valence-electron chi connectivity index (χ2n) is 6.00. The molecule has 0 radical (unpaired) electrons. The minimum Gasteiger partial charge on any atom is -0.369 e. The van der Waals surface area contributed by atoms with Gasteiger partial charge in [-0.2, -0.15) is 13.2 Å². The van der Waals surface area contributed by atoms with Crippen LogP contribution in [0.4, 0.5) is 19.0 Å². The standard InChI is InChI=1S/C16H16BrF3N4O/c17-11-1-2-13-12(7-11)14(23-9-22-13)21-8-10-3-5-24(6-4-10)15(25)16(18,19)20/h1-2,7,9-10H,3-6,8H2,(H,21,22,23). The first-order chi connectivity index (χ1) is 11.8. The highest BCUT2D eigenvalue weighted by Gasteiger charge is 2.43. The van der Waals surface area contributed by atoms with Crippen LogP contribution in [0.5, 0.6) is 0 Å². The molecule has 1 aliphatic rings. The number of alkyl halides is 3. The molecule has 0 bridgehead atoms. The highest BCUT2D eigenvalue weighted by Crippen LogP contribution is 2.26. The Hall–Kier alpha value is -1.90. The van der Waals surface area contributed by atoms with Crippen LogP contribution in [0.2, 0.25) is 0 Å². The maximum absolute atomic E-state index is 12.5. The summed E-state index contributed by atoms with van der Waals surface area (Å²) in [5.74, 6) is -0.861. The monoisotopic (exact) mass is 416 g/mol. The molecule has 2 heterocycles. The Balaban J connectivity index is 1.59. The van der Waals surface area contributed by atoms with Crippen molar-refractivity contribution in [3.8, 4) is 0 Å². The number of hydrogen-bond donors (Lipinski definition) is 1. The van der Waals surface area contributed by atoms with Gasteiger partial charge in [-0.05, 0) is 37.0 Å². The zero-order chi connectivity index (χ0) is 18.0. The fourth-order valence-electron chi connectivity index (χ4n) is 2.93. The molecule has 0 atom stereocenters. The molecule has 9 heteroatoms. The van der Waals surface area contributed by atoms with Gasteiger partial charge in [-0.1, -0.05) is 15.9 Å². The lowest BCUT2D eigenvalue weighted by molar-refractivity contribution is -0.186. The summed E-state index contributed by atoms with van der Waals surface area (Å²) >= 11 is 3.42. The molecule has 1 fully saturated rings. The molecule has 0 unspecified atom stereocenters. The van der Waals surface area contributed by atoms with Crippen LogP contribution in [-0.2, 0) is 4.79 Å². The maximum Gasteiger partial charge on any atom is 0.471 e. The van der Waals surface area contributed by atoms with Gasteiger partial charge in [0.2, 0.25) is 0 Å². The summed E-state index contributed by atoms with van der Waals surface area (Å²) in [7, 11) is 0. The van der Waals surface area contributed by atoms with E-state index in [-0.39, 0.29) is 19.0 Å². The normalized spacial score (nSPS) is 16.2. The number of amides is 1. The van der Waals surface area contributed by atoms with Crippen LogP contribution in [0, 0.1) is 5.92 Å². The van der Waals surface area contributed by atoms with Crippen molar-refractivity contribution in [3.05, 3.63) is 29.0 Å². The first kappa shape index (κ1) is 17.9. The fraction of sp³-hybridized carbons (Fsp3) is 0.438. The molecule has 0 saturated carbocycles. The van der Waals surface area contributed by atoms with Crippen LogP contribution in [0.25, 0.3) is 10.9 Å². The third-order valence-electron chi connectivity index (χ3n) is 4.30. The van der Waals surface area contributed by atoms with Crippen molar-refractivity contribution < 1.29 is 18.0 Å². The molecule has 1 aliphatic heterocycles. The van der Waals surface area contributed by atoms with Crippen LogP contribution in [0.1, 0.15) is 12.8 Å². The molecule has 1 aromatic carbocycles. The highest BCUT2D eigenvalue weighted by molar-refractivity contribution is 9.10. The SMILES string of the molecule is O=C(N1CCC(CNc2ncnc3ccc(Br)cc23)CC1)C(F)(F)F. The van der Waals surface area contributed by atoms with E-state index in [0.717, 1.165) is 20.3 Å². The van der Waals surface area contributed by atoms with Crippen LogP contribution in [0.3, 0.4) is 0 Å². The number of aromatic nitrogens is 2. The van der Waals surface area contributed by atoms with E-state index < -0.39 is 12.1 Å². The third kappa shape index (κ3) is 4.20. The minimum atomic E-state index is -4.79. The van der Waals surface area contributed by atoms with E-state index in [2.05, 4.69) is 31.2 Å². The Kier molecular flexibility index (Phi) is 5.12. The lowest BCUT2D eigenvalue weighted by atomic mass is 9.96. The Labute approximate surface area is 150 Å². The number of carbonyl (C=O) groups excluding carboxylic acids is 1. The summed E-state index contributed by atoms with van der Waals surface area (Å²) in [6.45, 7) is 0.841. The molecule has 0 spiro atoms. The number of rotatable bonds is 3. The van der Waals surface area contributed by atoms with Crippen molar-refractivity contribution in [2.24, 2.45) is 5.92 Å². The summed E-state index contributed by atoms with van der Waals surface area (Å²) in [4.78, 5) is 20.6. The molecule has 0 aliphatic carbocycles. The second-order valence-corrected chi connectivity index (χ2v) is 6.91. The van der Waals surface area contributed by atoms with Gasteiger partial charge in [0.1, 0.15) is 12.1 Å². The smallest absolute Gasteiger partial charge is 0.369 e. The molecule has 134 valence electrons. The molecule has 1 aromatic heterocycles. The molecule has 1 amide bonds. The quantitative estimate of drug-likeness (QED) is 0.830. The van der Waals surface area contributed by atoms with Crippen molar-refractivity contribution >= 4 is 38.6 Å². The summed E-state index contributed by atoms with van der Waals surface area (Å²) in [5.41, 5.74) is 0.811. The molecule has 1 N–H and O–H groups in total. The van der Waals surface area contributed by atoms with Crippen LogP contribution in [0.15, 0.2) is 29.0 Å². The molecule has 5 nitrogen and oxygen atoms in total. The number of halogens is 4. The molecule has 25 heavy (non-hydrogen) atoms. The number of nitrogens with one attached hydrogen (secondary N) is 1. The number of fused-ring (bicyclic) bond motifs is 1. The average molecular weight is 417 g/mol. The Morgan fingerprint density at radius 3 is 2.68 bits per heavy atom. The van der Waals surface area contributed by atoms with Gasteiger partial charge in [0, 0.05) is 29.5 Å². The number of benzene rings is 1. The zero-order valence-corrected chi connectivity index (χ0v) is 14.8. The second kappa shape index (κ2) is 7.15. The summed E-state index contributed by atoms with van der Waals surface area (Å²) < 4.78 is 38.3. The van der Waals surface area contributed by atoms with Crippen molar-refractivity contribution in [3.63, 3.8) is 0 Å². The van der Waals surface area contributed by atoms with Gasteiger partial charge >= 0.3 is 12.1 Å². The number of likely N-dealkylation sites (tertiary alicyclic amines) is 1. The van der Waals surface area contributed by atoms with Gasteiger partial charge < -0.3 is 10.2 Å². The van der Waals surface area contributed by atoms with Crippen molar-refractivity contribution in [2.45, 2.75) is 19.0 Å². The van der Waals surface area contributed by atoms with E-state index in [1.54, 1.807) is 0 Å². The third-order valence-corrected chi connectivity index (χ3v) is 4.79. The van der Waals surface area contributed by atoms with Gasteiger partial charge in [0.05, 0.1) is 5.52 Å². The Morgan fingerprint density at radius 1 is 1.28 bits per heavy atom. The number of carbonyl (C=O) groups is 1. The van der Waals surface area contributed by atoms with E-state index in [9.17, 15) is 18.0 Å². The first-order valence-corrected chi connectivity index (χ1v) is 8.64. The molecular formula is C16H16BrF3N4O. The molecular weight excluding hydrogens is 401 g/mol. The predicted molar refractivity (Wildman–Crippen MR) is 91.1 cm³/mol. The number of anilines is 1. The van der Waals surface area contributed by atoms with Crippen LogP contribution >= 0.6 is 15.9 Å². The van der Waals surface area contributed by atoms with Gasteiger partial charge in [0.25, 0.3) is 0 Å². The number of nitrogens with zero attached hydrogens (tertiary/aromatic N) is 3. The Bertz CT molecular complexity index is 776. The maximum atomic E-state index is 12.5. The van der Waals surface area contributed by atoms with Crippen LogP contribution in [-0.4, -0.2) is 46.6 Å². The summed E-state index contributed by atoms with van der Waals surface area (Å²) in [6, 6.07) is 5.70. The lowest BCUT2D eigenvalue weighted by Gasteiger charge is -2.32. The van der Waals surface area contributed by atoms with Gasteiger partial charge in [-0.25, -0.2) is 9.97 Å². The molecule has 1 saturated heterocycles. The first-order valence-electron chi connectivity index (χ1n) is 7.85. The van der Waals surface area contributed by atoms with Crippen molar-refractivity contribution in [2.75, 3.05) is 25.0 Å². The van der Waals surface area contributed by atoms with Crippen molar-refractivity contribution in [1.29, 1.82) is 0 Å². The van der Waals surface area contributed by atoms with E-state index >= 15 is 0 Å². The van der Waals surface area contributed by atoms with Crippen LogP contribution < -0.4 is 5.32 Å². The molecule has 3 rings (SSSR count). The van der Waals surface area contributed by atoms with E-state index in [4.69, 9.17) is 0 Å². The zero-order valence-electron chi connectivity index (χ0n) is 13.2. The van der Waals surface area contributed by atoms with Gasteiger partial charge in [-0.3, -0.25) is 4.79 Å². The van der Waals surface area contributed by atoms with E-state index in [0.29, 0.717) is 25.2 Å². The lowest BCUT2D eigenvalue weighted by Crippen LogP contribution is -2.46. The van der Waals surface area contributed by atoms with E-state index in [1.165, 1.54) is 6.33 Å². The fourth-order valence-corrected chi connectivity index (χ4v) is 3.29. The average Bonchev–Trinajstić information content (AvgIpc) is 2.59. The molecule has 2 aromatic rings. The number of piperidine rings is 1. The van der Waals surface area contributed by atoms with E-state index in [1.807, 2.05) is 18.2 Å². The highest BCUT2D eigenvalue weighted by atomic mass is 79.9. The summed E-state index contributed by atoms with van der Waals surface area (Å²) in [6.07, 6.45) is -2.26. The predicted octanol–water partition coefficient (Wildman–Crippen LogP) is 3.61. The van der Waals surface area contributed by atoms with Gasteiger partial charge in [-0.15, -0.1) is 0 Å².